The second-order valence-corrected chi connectivity index (χ2v) is 14.0. The largest absolute Gasteiger partial charge is 0.444 e. The third-order valence-corrected chi connectivity index (χ3v) is 8.09. The fourth-order valence-corrected chi connectivity index (χ4v) is 6.05. The fourth-order valence-electron chi connectivity index (χ4n) is 6.05. The highest BCUT2D eigenvalue weighted by Crippen LogP contribution is 2.29. The molecule has 7 nitrogen and oxygen atoms in total. The first-order valence-corrected chi connectivity index (χ1v) is 16.4. The summed E-state index contributed by atoms with van der Waals surface area (Å²) in [6.45, 7) is 25.8. The molecule has 0 spiro atoms. The van der Waals surface area contributed by atoms with Gasteiger partial charge in [0.25, 0.3) is 0 Å². The number of nitrogens with zero attached hydrogens (tertiary/aromatic N) is 4. The number of amides is 1. The summed E-state index contributed by atoms with van der Waals surface area (Å²) in [6, 6.07) is 8.05. The lowest BCUT2D eigenvalue weighted by molar-refractivity contribution is 0.0226. The predicted octanol–water partition coefficient (Wildman–Crippen LogP) is 7.57. The molecule has 2 aliphatic rings. The van der Waals surface area contributed by atoms with Crippen LogP contribution < -0.4 is 10.7 Å². The highest BCUT2D eigenvalue weighted by Gasteiger charge is 2.24. The van der Waals surface area contributed by atoms with Crippen molar-refractivity contribution < 1.29 is 14.3 Å². The molecule has 1 aromatic heterocycles. The molecule has 2 aliphatic heterocycles. The zero-order chi connectivity index (χ0) is 33.6. The van der Waals surface area contributed by atoms with E-state index in [4.69, 9.17) is 14.5 Å². The van der Waals surface area contributed by atoms with Crippen molar-refractivity contribution in [3.05, 3.63) is 94.4 Å². The lowest BCUT2D eigenvalue weighted by atomic mass is 9.89. The normalized spacial score (nSPS) is 18.0. The fraction of sp³-hybridized carbons (Fsp3) is 0.462. The maximum absolute atomic E-state index is 13.0. The molecule has 4 rings (SSSR count). The zero-order valence-corrected chi connectivity index (χ0v) is 28.8. The van der Waals surface area contributed by atoms with E-state index in [9.17, 15) is 10.1 Å². The van der Waals surface area contributed by atoms with Gasteiger partial charge in [-0.3, -0.25) is 0 Å². The first-order valence-electron chi connectivity index (χ1n) is 16.4. The number of ether oxygens (including phenoxy) is 2. The van der Waals surface area contributed by atoms with Crippen molar-refractivity contribution >= 4 is 17.2 Å². The number of benzene rings is 1. The minimum Gasteiger partial charge on any atom is -0.444 e. The first-order chi connectivity index (χ1) is 21.8. The molecule has 7 heteroatoms. The maximum Gasteiger partial charge on any atom is 0.410 e. The number of carbonyl (C=O) groups is 1. The Labute approximate surface area is 274 Å². The monoisotopic (exact) mass is 622 g/mol. The third kappa shape index (κ3) is 8.55. The van der Waals surface area contributed by atoms with Gasteiger partial charge in [0.1, 0.15) is 11.1 Å². The van der Waals surface area contributed by atoms with Crippen LogP contribution in [0.25, 0.3) is 16.8 Å². The first kappa shape index (κ1) is 34.7. The molecular weight excluding hydrogens is 572 g/mol. The highest BCUT2D eigenvalue weighted by molar-refractivity contribution is 5.83. The van der Waals surface area contributed by atoms with Crippen LogP contribution in [0.5, 0.6) is 0 Å². The van der Waals surface area contributed by atoms with E-state index in [-0.39, 0.29) is 6.09 Å². The van der Waals surface area contributed by atoms with E-state index in [0.29, 0.717) is 43.5 Å². The molecule has 3 heterocycles. The average Bonchev–Trinajstić information content (AvgIpc) is 3.22. The summed E-state index contributed by atoms with van der Waals surface area (Å²) in [4.78, 5) is 19.8. The molecule has 2 aromatic rings. The standard InChI is InChI=1S/C39H50N4O3/c1-26(2)23-42(38(44)46-39(7,8)9)18-10-12-29(5)35-30(6)16-17-41-37-36(35)33(32-13-11-19-45-25-27(3)20-32)24-43(37)34-21-31(22-40)15-14-28(34)4/h13-17,21,24,26-27H,5-6,10-12,18-20,23,25H2,1-4,7-9H3/b32-13-/t27-/m0/s1. The molecule has 1 amide bonds. The second kappa shape index (κ2) is 15.0. The Kier molecular flexibility index (Phi) is 11.3. The number of hydrogen-bond donors (Lipinski definition) is 0. The Bertz CT molecular complexity index is 1710. The van der Waals surface area contributed by atoms with Crippen molar-refractivity contribution in [3.8, 4) is 11.8 Å². The Morgan fingerprint density at radius 1 is 1.30 bits per heavy atom. The molecule has 0 radical (unpaired) electrons. The number of nitriles is 1. The zero-order valence-electron chi connectivity index (χ0n) is 28.8. The Balaban J connectivity index is 1.83. The van der Waals surface area contributed by atoms with Gasteiger partial charge in [-0.2, -0.15) is 5.26 Å². The van der Waals surface area contributed by atoms with Crippen LogP contribution in [0.2, 0.25) is 0 Å². The number of allylic oxidation sites excluding steroid dienone is 4. The smallest absolute Gasteiger partial charge is 0.410 e. The van der Waals surface area contributed by atoms with E-state index in [0.717, 1.165) is 70.1 Å². The molecule has 0 saturated heterocycles. The molecular formula is C39H50N4O3. The maximum atomic E-state index is 13.0. The molecule has 1 atom stereocenters. The van der Waals surface area contributed by atoms with E-state index in [2.05, 4.69) is 63.8 Å². The quantitative estimate of drug-likeness (QED) is 0.289. The van der Waals surface area contributed by atoms with Crippen molar-refractivity contribution in [1.82, 2.24) is 9.47 Å². The lowest BCUT2D eigenvalue weighted by Crippen LogP contribution is -2.39. The topological polar surface area (TPSA) is 79.9 Å². The predicted molar refractivity (Wildman–Crippen MR) is 186 cm³/mol. The van der Waals surface area contributed by atoms with Crippen molar-refractivity contribution in [1.29, 1.82) is 5.26 Å². The van der Waals surface area contributed by atoms with Crippen LogP contribution in [0.3, 0.4) is 0 Å². The van der Waals surface area contributed by atoms with Gasteiger partial charge in [-0.15, -0.1) is 0 Å². The minimum absolute atomic E-state index is 0.286. The molecule has 0 N–H and O–H groups in total. The van der Waals surface area contributed by atoms with E-state index in [1.165, 1.54) is 5.57 Å². The van der Waals surface area contributed by atoms with Gasteiger partial charge in [0, 0.05) is 42.9 Å². The van der Waals surface area contributed by atoms with Crippen LogP contribution in [0.4, 0.5) is 4.79 Å². The Morgan fingerprint density at radius 2 is 2.07 bits per heavy atom. The van der Waals surface area contributed by atoms with Crippen LogP contribution in [0.15, 0.2) is 72.0 Å². The molecule has 1 aromatic carbocycles. The van der Waals surface area contributed by atoms with Crippen molar-refractivity contribution in [2.75, 3.05) is 26.3 Å². The summed E-state index contributed by atoms with van der Waals surface area (Å²) >= 11 is 0. The average molecular weight is 623 g/mol. The van der Waals surface area contributed by atoms with Gasteiger partial charge in [-0.05, 0) is 111 Å². The number of fused-ring (bicyclic) bond motifs is 1. The van der Waals surface area contributed by atoms with E-state index in [1.807, 2.05) is 49.9 Å². The van der Waals surface area contributed by atoms with Crippen molar-refractivity contribution in [3.63, 3.8) is 0 Å². The van der Waals surface area contributed by atoms with Crippen LogP contribution >= 0.6 is 0 Å². The molecule has 0 bridgehead atoms. The summed E-state index contributed by atoms with van der Waals surface area (Å²) < 4.78 is 13.7. The summed E-state index contributed by atoms with van der Waals surface area (Å²) in [5, 5.41) is 10.7. The number of rotatable bonds is 9. The lowest BCUT2D eigenvalue weighted by Gasteiger charge is -2.28. The summed E-state index contributed by atoms with van der Waals surface area (Å²) in [5.41, 5.74) is 7.94. The minimum atomic E-state index is -0.555. The van der Waals surface area contributed by atoms with Crippen LogP contribution in [-0.4, -0.2) is 47.5 Å². The summed E-state index contributed by atoms with van der Waals surface area (Å²) in [6.07, 6.45) is 11.0. The van der Waals surface area contributed by atoms with E-state index >= 15 is 0 Å². The summed E-state index contributed by atoms with van der Waals surface area (Å²) in [7, 11) is 0. The Morgan fingerprint density at radius 3 is 2.76 bits per heavy atom. The van der Waals surface area contributed by atoms with Gasteiger partial charge < -0.3 is 18.9 Å². The van der Waals surface area contributed by atoms with Crippen LogP contribution in [0.1, 0.15) is 83.9 Å². The number of hydrogen-bond acceptors (Lipinski definition) is 5. The van der Waals surface area contributed by atoms with E-state index < -0.39 is 5.60 Å². The number of aromatic nitrogens is 1. The third-order valence-electron chi connectivity index (χ3n) is 8.09. The van der Waals surface area contributed by atoms with Gasteiger partial charge >= 0.3 is 6.09 Å². The van der Waals surface area contributed by atoms with Gasteiger partial charge in [0.15, 0.2) is 0 Å². The van der Waals surface area contributed by atoms with Gasteiger partial charge in [-0.25, -0.2) is 9.79 Å². The van der Waals surface area contributed by atoms with Crippen LogP contribution in [0, 0.1) is 30.1 Å². The van der Waals surface area contributed by atoms with Gasteiger partial charge in [0.05, 0.1) is 23.9 Å². The van der Waals surface area contributed by atoms with Crippen molar-refractivity contribution in [2.24, 2.45) is 16.8 Å². The molecule has 0 fully saturated rings. The summed E-state index contributed by atoms with van der Waals surface area (Å²) in [5.74, 6) is 0.667. The highest BCUT2D eigenvalue weighted by atomic mass is 16.6. The van der Waals surface area contributed by atoms with E-state index in [1.54, 1.807) is 6.20 Å². The van der Waals surface area contributed by atoms with Crippen LogP contribution in [-0.2, 0) is 9.47 Å². The Hall–Kier alpha value is -4.15. The van der Waals surface area contributed by atoms with Gasteiger partial charge in [0.2, 0.25) is 0 Å². The number of aryl methyl sites for hydroxylation is 1. The SMILES string of the molecule is C=C1C=CN=c2c(c(/C3=C\CCOC[C@@H](C)C3)cn2-c2cc(C#N)ccc2C)=C1C(=C)CCCN(CC(C)C)C(=O)OC(C)(C)C. The molecule has 0 aliphatic carbocycles. The number of carbonyl (C=O) groups excluding carboxylic acids is 1. The molecule has 0 unspecified atom stereocenters. The second-order valence-electron chi connectivity index (χ2n) is 14.0. The van der Waals surface area contributed by atoms with Crippen molar-refractivity contribution in [2.45, 2.75) is 79.8 Å². The molecule has 244 valence electrons. The van der Waals surface area contributed by atoms with Gasteiger partial charge in [-0.1, -0.05) is 46.1 Å². The molecule has 46 heavy (non-hydrogen) atoms. The molecule has 0 saturated carbocycles.